The van der Waals surface area contributed by atoms with Crippen molar-refractivity contribution in [1.29, 1.82) is 0 Å². The zero-order valence-corrected chi connectivity index (χ0v) is 13.5. The summed E-state index contributed by atoms with van der Waals surface area (Å²) in [6.45, 7) is 4.55. The summed E-state index contributed by atoms with van der Waals surface area (Å²) >= 11 is 0. The molecule has 0 spiro atoms. The summed E-state index contributed by atoms with van der Waals surface area (Å²) in [6, 6.07) is 11.0. The summed E-state index contributed by atoms with van der Waals surface area (Å²) in [6.07, 6.45) is 1.16. The fraction of sp³-hybridized carbons (Fsp3) is 0.316. The first-order valence-electron chi connectivity index (χ1n) is 7.91. The Bertz CT molecular complexity index is 732. The van der Waals surface area contributed by atoms with Crippen molar-refractivity contribution in [3.8, 4) is 5.75 Å². The molecule has 0 saturated carbocycles. The van der Waals surface area contributed by atoms with Crippen LogP contribution < -0.4 is 10.6 Å². The highest BCUT2D eigenvalue weighted by atomic mass is 16.3. The summed E-state index contributed by atoms with van der Waals surface area (Å²) in [5.74, 6) is 0.282. The number of fused-ring (bicyclic) bond motifs is 1. The molecular weight excluding hydrogens is 288 g/mol. The molecule has 0 saturated heterocycles. The van der Waals surface area contributed by atoms with Gasteiger partial charge in [-0.2, -0.15) is 0 Å². The monoisotopic (exact) mass is 310 g/mol. The number of rotatable bonds is 3. The summed E-state index contributed by atoms with van der Waals surface area (Å²) in [4.78, 5) is 14.5. The average molecular weight is 310 g/mol. The summed E-state index contributed by atoms with van der Waals surface area (Å²) < 4.78 is 0. The van der Waals surface area contributed by atoms with E-state index in [2.05, 4.69) is 6.07 Å². The highest BCUT2D eigenvalue weighted by molar-refractivity contribution is 5.95. The third kappa shape index (κ3) is 2.94. The van der Waals surface area contributed by atoms with Crippen molar-refractivity contribution in [2.45, 2.75) is 32.7 Å². The zero-order valence-electron chi connectivity index (χ0n) is 13.5. The van der Waals surface area contributed by atoms with E-state index in [1.807, 2.05) is 36.9 Å². The largest absolute Gasteiger partial charge is 0.508 e. The molecule has 1 unspecified atom stereocenters. The maximum Gasteiger partial charge on any atom is 0.228 e. The number of nitrogens with zero attached hydrogens (tertiary/aromatic N) is 1. The van der Waals surface area contributed by atoms with Gasteiger partial charge in [-0.3, -0.25) is 4.79 Å². The Balaban J connectivity index is 1.79. The fourth-order valence-electron chi connectivity index (χ4n) is 3.53. The SMILES string of the molecule is Cc1cc(O)cc(C)c1C(N)CC(=O)N1CCc2ccccc21. The van der Waals surface area contributed by atoms with E-state index in [-0.39, 0.29) is 24.1 Å². The van der Waals surface area contributed by atoms with E-state index in [1.165, 1.54) is 5.56 Å². The molecule has 1 heterocycles. The number of hydrogen-bond acceptors (Lipinski definition) is 3. The predicted octanol–water partition coefficient (Wildman–Crippen LogP) is 2.99. The maximum atomic E-state index is 12.7. The molecule has 3 rings (SSSR count). The molecule has 23 heavy (non-hydrogen) atoms. The van der Waals surface area contributed by atoms with Crippen LogP contribution in [-0.2, 0) is 11.2 Å². The van der Waals surface area contributed by atoms with Crippen LogP contribution in [0.3, 0.4) is 0 Å². The van der Waals surface area contributed by atoms with E-state index < -0.39 is 0 Å². The van der Waals surface area contributed by atoms with E-state index in [9.17, 15) is 9.90 Å². The second-order valence-corrected chi connectivity index (χ2v) is 6.23. The minimum absolute atomic E-state index is 0.0503. The van der Waals surface area contributed by atoms with E-state index in [0.29, 0.717) is 0 Å². The molecule has 2 aromatic carbocycles. The van der Waals surface area contributed by atoms with Gasteiger partial charge in [-0.25, -0.2) is 0 Å². The smallest absolute Gasteiger partial charge is 0.228 e. The van der Waals surface area contributed by atoms with E-state index in [1.54, 1.807) is 12.1 Å². The molecule has 0 fully saturated rings. The Labute approximate surface area is 136 Å². The van der Waals surface area contributed by atoms with Crippen molar-refractivity contribution < 1.29 is 9.90 Å². The number of carbonyl (C=O) groups is 1. The molecule has 1 amide bonds. The van der Waals surface area contributed by atoms with Crippen LogP contribution in [0.2, 0.25) is 0 Å². The first-order chi connectivity index (χ1) is 11.0. The topological polar surface area (TPSA) is 66.6 Å². The van der Waals surface area contributed by atoms with Gasteiger partial charge in [-0.05, 0) is 60.7 Å². The van der Waals surface area contributed by atoms with Gasteiger partial charge in [0.15, 0.2) is 0 Å². The van der Waals surface area contributed by atoms with Gasteiger partial charge in [0, 0.05) is 24.7 Å². The minimum Gasteiger partial charge on any atom is -0.508 e. The lowest BCUT2D eigenvalue weighted by Gasteiger charge is -2.22. The van der Waals surface area contributed by atoms with Crippen LogP contribution in [0.5, 0.6) is 5.75 Å². The van der Waals surface area contributed by atoms with Crippen LogP contribution in [0.15, 0.2) is 36.4 Å². The number of benzene rings is 2. The molecule has 0 radical (unpaired) electrons. The Morgan fingerprint density at radius 2 is 1.91 bits per heavy atom. The lowest BCUT2D eigenvalue weighted by Crippen LogP contribution is -2.32. The Kier molecular flexibility index (Phi) is 4.09. The Morgan fingerprint density at radius 3 is 2.61 bits per heavy atom. The normalized spacial score (nSPS) is 14.7. The minimum atomic E-state index is -0.365. The zero-order chi connectivity index (χ0) is 16.6. The van der Waals surface area contributed by atoms with Crippen molar-refractivity contribution >= 4 is 11.6 Å². The van der Waals surface area contributed by atoms with Gasteiger partial charge in [0.05, 0.1) is 0 Å². The van der Waals surface area contributed by atoms with E-state index in [0.717, 1.165) is 35.3 Å². The molecule has 0 aliphatic carbocycles. The van der Waals surface area contributed by atoms with E-state index in [4.69, 9.17) is 5.73 Å². The van der Waals surface area contributed by atoms with Crippen LogP contribution in [0, 0.1) is 13.8 Å². The predicted molar refractivity (Wildman–Crippen MR) is 91.6 cm³/mol. The van der Waals surface area contributed by atoms with Crippen LogP contribution >= 0.6 is 0 Å². The third-order valence-electron chi connectivity index (χ3n) is 4.53. The van der Waals surface area contributed by atoms with Gasteiger partial charge in [0.2, 0.25) is 5.91 Å². The van der Waals surface area contributed by atoms with Crippen LogP contribution in [0.25, 0.3) is 0 Å². The number of amides is 1. The van der Waals surface area contributed by atoms with Crippen molar-refractivity contribution in [3.05, 3.63) is 58.7 Å². The van der Waals surface area contributed by atoms with Crippen LogP contribution in [0.4, 0.5) is 5.69 Å². The Hall–Kier alpha value is -2.33. The van der Waals surface area contributed by atoms with Crippen LogP contribution in [0.1, 0.15) is 34.7 Å². The highest BCUT2D eigenvalue weighted by Crippen LogP contribution is 2.31. The molecular formula is C19H22N2O2. The van der Waals surface area contributed by atoms with Crippen molar-refractivity contribution in [2.75, 3.05) is 11.4 Å². The van der Waals surface area contributed by atoms with Crippen LogP contribution in [-0.4, -0.2) is 17.6 Å². The van der Waals surface area contributed by atoms with Gasteiger partial charge in [-0.15, -0.1) is 0 Å². The number of anilines is 1. The Morgan fingerprint density at radius 1 is 1.26 bits per heavy atom. The number of aryl methyl sites for hydroxylation is 2. The molecule has 1 atom stereocenters. The summed E-state index contributed by atoms with van der Waals surface area (Å²) in [7, 11) is 0. The number of carbonyl (C=O) groups excluding carboxylic acids is 1. The first kappa shape index (κ1) is 15.6. The molecule has 3 N–H and O–H groups in total. The van der Waals surface area contributed by atoms with Gasteiger partial charge in [-0.1, -0.05) is 18.2 Å². The number of para-hydroxylation sites is 1. The summed E-state index contributed by atoms with van der Waals surface area (Å²) in [5, 5.41) is 9.65. The van der Waals surface area contributed by atoms with Crippen molar-refractivity contribution in [2.24, 2.45) is 5.73 Å². The lowest BCUT2D eigenvalue weighted by molar-refractivity contribution is -0.118. The molecule has 2 aromatic rings. The molecule has 0 aromatic heterocycles. The van der Waals surface area contributed by atoms with Gasteiger partial charge in [0.25, 0.3) is 0 Å². The summed E-state index contributed by atoms with van der Waals surface area (Å²) in [5.41, 5.74) is 11.3. The number of aromatic hydroxyl groups is 1. The van der Waals surface area contributed by atoms with Crippen molar-refractivity contribution in [3.63, 3.8) is 0 Å². The number of phenolic OH excluding ortho intramolecular Hbond substituents is 1. The van der Waals surface area contributed by atoms with Gasteiger partial charge >= 0.3 is 0 Å². The molecule has 1 aliphatic heterocycles. The lowest BCUT2D eigenvalue weighted by atomic mass is 9.94. The standard InChI is InChI=1S/C19H22N2O2/c1-12-9-15(22)10-13(2)19(12)16(20)11-18(23)21-8-7-14-5-3-4-6-17(14)21/h3-6,9-10,16,22H,7-8,11,20H2,1-2H3. The number of phenols is 1. The van der Waals surface area contributed by atoms with Crippen molar-refractivity contribution in [1.82, 2.24) is 0 Å². The maximum absolute atomic E-state index is 12.7. The highest BCUT2D eigenvalue weighted by Gasteiger charge is 2.26. The number of nitrogens with two attached hydrogens (primary N) is 1. The molecule has 4 nitrogen and oxygen atoms in total. The molecule has 120 valence electrons. The second-order valence-electron chi connectivity index (χ2n) is 6.23. The molecule has 0 bridgehead atoms. The first-order valence-corrected chi connectivity index (χ1v) is 7.91. The van der Waals surface area contributed by atoms with Gasteiger partial charge < -0.3 is 15.7 Å². The fourth-order valence-corrected chi connectivity index (χ4v) is 3.53. The molecule has 1 aliphatic rings. The third-order valence-corrected chi connectivity index (χ3v) is 4.53. The number of hydrogen-bond donors (Lipinski definition) is 2. The molecule has 4 heteroatoms. The van der Waals surface area contributed by atoms with E-state index >= 15 is 0 Å². The second kappa shape index (κ2) is 6.05. The quantitative estimate of drug-likeness (QED) is 0.916. The average Bonchev–Trinajstić information content (AvgIpc) is 2.89. The van der Waals surface area contributed by atoms with Gasteiger partial charge in [0.1, 0.15) is 5.75 Å².